The average Bonchev–Trinajstić information content (AvgIpc) is 2.15. The van der Waals surface area contributed by atoms with Crippen molar-refractivity contribution in [3.63, 3.8) is 0 Å². The van der Waals surface area contributed by atoms with Gasteiger partial charge in [-0.15, -0.1) is 0 Å². The highest BCUT2D eigenvalue weighted by Crippen LogP contribution is 2.30. The highest BCUT2D eigenvalue weighted by Gasteiger charge is 2.24. The fourth-order valence-electron chi connectivity index (χ4n) is 1.28. The minimum atomic E-state index is -0.936. The fraction of sp³-hybridized carbons (Fsp3) is 0.455. The molecule has 0 amide bonds. The van der Waals surface area contributed by atoms with Gasteiger partial charge in [0.1, 0.15) is 5.75 Å². The van der Waals surface area contributed by atoms with Crippen LogP contribution in [0, 0.1) is 0 Å². The maximum atomic E-state index is 9.79. The molecule has 0 aliphatic heterocycles. The lowest BCUT2D eigenvalue weighted by Crippen LogP contribution is -2.35. The van der Waals surface area contributed by atoms with E-state index in [0.29, 0.717) is 0 Å². The van der Waals surface area contributed by atoms with Gasteiger partial charge in [-0.2, -0.15) is 0 Å². The molecule has 0 bridgehead atoms. The third kappa shape index (κ3) is 2.93. The van der Waals surface area contributed by atoms with Gasteiger partial charge < -0.3 is 15.6 Å². The van der Waals surface area contributed by atoms with Crippen molar-refractivity contribution in [1.29, 1.82) is 0 Å². The standard InChI is InChI=1S/C11H16BrNO2/c1-11(2,14)10(13)7-4-5-9(15-3)8(12)6-7/h4-6,10,14H,13H2,1-3H3. The van der Waals surface area contributed by atoms with Crippen LogP contribution in [0.1, 0.15) is 25.5 Å². The van der Waals surface area contributed by atoms with Gasteiger partial charge in [0, 0.05) is 0 Å². The molecule has 0 saturated heterocycles. The van der Waals surface area contributed by atoms with Crippen LogP contribution in [0.5, 0.6) is 5.75 Å². The van der Waals surface area contributed by atoms with E-state index in [0.717, 1.165) is 15.8 Å². The third-order valence-electron chi connectivity index (χ3n) is 2.30. The van der Waals surface area contributed by atoms with Crippen LogP contribution in [0.3, 0.4) is 0 Å². The zero-order chi connectivity index (χ0) is 11.6. The second-order valence-corrected chi connectivity index (χ2v) is 4.88. The van der Waals surface area contributed by atoms with Crippen LogP contribution in [0.2, 0.25) is 0 Å². The number of rotatable bonds is 3. The molecule has 0 aliphatic rings. The maximum Gasteiger partial charge on any atom is 0.133 e. The van der Waals surface area contributed by atoms with Gasteiger partial charge in [0.05, 0.1) is 23.2 Å². The van der Waals surface area contributed by atoms with Crippen molar-refractivity contribution in [1.82, 2.24) is 0 Å². The molecule has 1 aromatic rings. The first-order valence-electron chi connectivity index (χ1n) is 4.67. The lowest BCUT2D eigenvalue weighted by molar-refractivity contribution is 0.0517. The monoisotopic (exact) mass is 273 g/mol. The second-order valence-electron chi connectivity index (χ2n) is 4.03. The largest absolute Gasteiger partial charge is 0.496 e. The predicted molar refractivity (Wildman–Crippen MR) is 63.9 cm³/mol. The molecule has 1 aromatic carbocycles. The Morgan fingerprint density at radius 3 is 2.47 bits per heavy atom. The average molecular weight is 274 g/mol. The van der Waals surface area contributed by atoms with Crippen molar-refractivity contribution in [3.05, 3.63) is 28.2 Å². The Morgan fingerprint density at radius 1 is 1.47 bits per heavy atom. The van der Waals surface area contributed by atoms with Crippen LogP contribution in [-0.4, -0.2) is 17.8 Å². The van der Waals surface area contributed by atoms with Crippen LogP contribution in [0.25, 0.3) is 0 Å². The Kier molecular flexibility index (Phi) is 3.76. The summed E-state index contributed by atoms with van der Waals surface area (Å²) < 4.78 is 5.95. The predicted octanol–water partition coefficient (Wildman–Crippen LogP) is 2.23. The highest BCUT2D eigenvalue weighted by atomic mass is 79.9. The molecule has 0 radical (unpaired) electrons. The molecule has 0 aliphatic carbocycles. The summed E-state index contributed by atoms with van der Waals surface area (Å²) >= 11 is 3.38. The van der Waals surface area contributed by atoms with E-state index < -0.39 is 11.6 Å². The van der Waals surface area contributed by atoms with E-state index in [4.69, 9.17) is 10.5 Å². The Hall–Kier alpha value is -0.580. The van der Waals surface area contributed by atoms with Gasteiger partial charge in [-0.25, -0.2) is 0 Å². The van der Waals surface area contributed by atoms with E-state index in [1.54, 1.807) is 21.0 Å². The summed E-state index contributed by atoms with van der Waals surface area (Å²) in [4.78, 5) is 0. The smallest absolute Gasteiger partial charge is 0.133 e. The Labute approximate surface area is 98.4 Å². The lowest BCUT2D eigenvalue weighted by Gasteiger charge is -2.26. The van der Waals surface area contributed by atoms with Gasteiger partial charge in [0.25, 0.3) is 0 Å². The van der Waals surface area contributed by atoms with Crippen LogP contribution in [0.4, 0.5) is 0 Å². The highest BCUT2D eigenvalue weighted by molar-refractivity contribution is 9.10. The Balaban J connectivity index is 3.02. The molecule has 0 aromatic heterocycles. The van der Waals surface area contributed by atoms with E-state index in [1.165, 1.54) is 0 Å². The van der Waals surface area contributed by atoms with Crippen molar-refractivity contribution in [2.75, 3.05) is 7.11 Å². The van der Waals surface area contributed by atoms with Gasteiger partial charge in [0.2, 0.25) is 0 Å². The van der Waals surface area contributed by atoms with Crippen molar-refractivity contribution >= 4 is 15.9 Å². The minimum Gasteiger partial charge on any atom is -0.496 e. The molecule has 1 rings (SSSR count). The number of halogens is 1. The topological polar surface area (TPSA) is 55.5 Å². The number of benzene rings is 1. The number of nitrogens with two attached hydrogens (primary N) is 1. The molecule has 1 unspecified atom stereocenters. The Bertz CT molecular complexity index is 347. The van der Waals surface area contributed by atoms with Gasteiger partial charge in [-0.3, -0.25) is 0 Å². The molecule has 0 saturated carbocycles. The fourth-order valence-corrected chi connectivity index (χ4v) is 1.84. The zero-order valence-electron chi connectivity index (χ0n) is 9.12. The van der Waals surface area contributed by atoms with E-state index in [9.17, 15) is 5.11 Å². The summed E-state index contributed by atoms with van der Waals surface area (Å²) in [6.45, 7) is 3.38. The first-order chi connectivity index (χ1) is 6.86. The van der Waals surface area contributed by atoms with Crippen LogP contribution in [-0.2, 0) is 0 Å². The van der Waals surface area contributed by atoms with E-state index in [2.05, 4.69) is 15.9 Å². The van der Waals surface area contributed by atoms with Gasteiger partial charge >= 0.3 is 0 Å². The molecule has 0 fully saturated rings. The molecular formula is C11H16BrNO2. The number of hydrogen-bond acceptors (Lipinski definition) is 3. The summed E-state index contributed by atoms with van der Waals surface area (Å²) in [5, 5.41) is 9.79. The van der Waals surface area contributed by atoms with Crippen molar-refractivity contribution < 1.29 is 9.84 Å². The molecular weight excluding hydrogens is 258 g/mol. The normalized spacial score (nSPS) is 13.7. The number of aliphatic hydroxyl groups is 1. The van der Waals surface area contributed by atoms with E-state index in [-0.39, 0.29) is 0 Å². The van der Waals surface area contributed by atoms with Crippen molar-refractivity contribution in [2.24, 2.45) is 5.73 Å². The lowest BCUT2D eigenvalue weighted by atomic mass is 9.93. The number of ether oxygens (including phenoxy) is 1. The summed E-state index contributed by atoms with van der Waals surface area (Å²) in [6, 6.07) is 5.12. The van der Waals surface area contributed by atoms with Crippen LogP contribution >= 0.6 is 15.9 Å². The molecule has 84 valence electrons. The molecule has 1 atom stereocenters. The summed E-state index contributed by atoms with van der Waals surface area (Å²) in [5.74, 6) is 0.752. The number of hydrogen-bond donors (Lipinski definition) is 2. The Morgan fingerprint density at radius 2 is 2.07 bits per heavy atom. The van der Waals surface area contributed by atoms with E-state index in [1.807, 2.05) is 18.2 Å². The molecule has 0 heterocycles. The molecule has 4 heteroatoms. The summed E-state index contributed by atoms with van der Waals surface area (Å²) in [7, 11) is 1.61. The third-order valence-corrected chi connectivity index (χ3v) is 2.92. The van der Waals surface area contributed by atoms with E-state index >= 15 is 0 Å². The zero-order valence-corrected chi connectivity index (χ0v) is 10.7. The van der Waals surface area contributed by atoms with Gasteiger partial charge in [0.15, 0.2) is 0 Å². The SMILES string of the molecule is COc1ccc(C(N)C(C)(C)O)cc1Br. The summed E-state index contributed by atoms with van der Waals surface area (Å²) in [5.41, 5.74) is 5.85. The second kappa shape index (κ2) is 4.51. The molecule has 15 heavy (non-hydrogen) atoms. The van der Waals surface area contributed by atoms with Crippen LogP contribution in [0.15, 0.2) is 22.7 Å². The van der Waals surface area contributed by atoms with Gasteiger partial charge in [-0.1, -0.05) is 6.07 Å². The molecule has 0 spiro atoms. The molecule has 3 nitrogen and oxygen atoms in total. The first-order valence-corrected chi connectivity index (χ1v) is 5.47. The summed E-state index contributed by atoms with van der Waals surface area (Å²) in [6.07, 6.45) is 0. The minimum absolute atomic E-state index is 0.417. The first kappa shape index (κ1) is 12.5. The van der Waals surface area contributed by atoms with Crippen LogP contribution < -0.4 is 10.5 Å². The molecule has 3 N–H and O–H groups in total. The van der Waals surface area contributed by atoms with Gasteiger partial charge in [-0.05, 0) is 47.5 Å². The maximum absolute atomic E-state index is 9.79. The van der Waals surface area contributed by atoms with Crippen molar-refractivity contribution in [3.8, 4) is 5.75 Å². The number of methoxy groups -OCH3 is 1. The quantitative estimate of drug-likeness (QED) is 0.888. The van der Waals surface area contributed by atoms with Crippen molar-refractivity contribution in [2.45, 2.75) is 25.5 Å².